The van der Waals surface area contributed by atoms with Crippen molar-refractivity contribution < 1.29 is 4.79 Å². The Morgan fingerprint density at radius 1 is 1.17 bits per heavy atom. The molecule has 6 nitrogen and oxygen atoms in total. The molecule has 0 fully saturated rings. The van der Waals surface area contributed by atoms with Gasteiger partial charge in [-0.25, -0.2) is 4.98 Å². The zero-order valence-corrected chi connectivity index (χ0v) is 18.1. The van der Waals surface area contributed by atoms with Crippen molar-refractivity contribution in [3.8, 4) is 0 Å². The van der Waals surface area contributed by atoms with Crippen molar-refractivity contribution in [1.29, 1.82) is 0 Å². The van der Waals surface area contributed by atoms with Gasteiger partial charge in [0.2, 0.25) is 5.91 Å². The van der Waals surface area contributed by atoms with Gasteiger partial charge >= 0.3 is 0 Å². The van der Waals surface area contributed by atoms with Crippen molar-refractivity contribution >= 4 is 57.3 Å². The van der Waals surface area contributed by atoms with Crippen LogP contribution in [0.4, 0.5) is 5.69 Å². The van der Waals surface area contributed by atoms with Gasteiger partial charge in [0.1, 0.15) is 5.82 Å². The number of hydrogen-bond donors (Lipinski definition) is 2. The summed E-state index contributed by atoms with van der Waals surface area (Å²) in [7, 11) is 0. The van der Waals surface area contributed by atoms with Gasteiger partial charge in [-0.3, -0.25) is 14.5 Å². The molecule has 2 aromatic carbocycles. The molecule has 3 aromatic rings. The van der Waals surface area contributed by atoms with E-state index < -0.39 is 0 Å². The smallest absolute Gasteiger partial charge is 0.258 e. The van der Waals surface area contributed by atoms with Crippen molar-refractivity contribution in [3.05, 3.63) is 67.6 Å². The number of hydrogen-bond acceptors (Lipinski definition) is 4. The highest BCUT2D eigenvalue weighted by Gasteiger charge is 2.18. The quantitative estimate of drug-likeness (QED) is 0.565. The summed E-state index contributed by atoms with van der Waals surface area (Å²) < 4.78 is 0. The summed E-state index contributed by atoms with van der Waals surface area (Å²) in [6.45, 7) is 4.26. The number of rotatable bonds is 6. The molecule has 0 radical (unpaired) electrons. The molecule has 0 unspecified atom stereocenters. The van der Waals surface area contributed by atoms with Crippen LogP contribution in [0.1, 0.15) is 19.7 Å². The number of carbonyl (C=O) groups is 1. The molecule has 0 saturated heterocycles. The van der Waals surface area contributed by atoms with E-state index in [-0.39, 0.29) is 34.1 Å². The van der Waals surface area contributed by atoms with Crippen LogP contribution in [0.25, 0.3) is 10.9 Å². The summed E-state index contributed by atoms with van der Waals surface area (Å²) >= 11 is 18.2. The summed E-state index contributed by atoms with van der Waals surface area (Å²) in [6.07, 6.45) is 0. The largest absolute Gasteiger partial charge is 0.322 e. The molecule has 152 valence electrons. The van der Waals surface area contributed by atoms with Gasteiger partial charge in [0.15, 0.2) is 0 Å². The van der Waals surface area contributed by atoms with Gasteiger partial charge in [0, 0.05) is 11.1 Å². The highest BCUT2D eigenvalue weighted by molar-refractivity contribution is 6.42. The Morgan fingerprint density at radius 2 is 1.83 bits per heavy atom. The fourth-order valence-electron chi connectivity index (χ4n) is 2.85. The topological polar surface area (TPSA) is 78.1 Å². The number of benzene rings is 2. The Hall–Kier alpha value is -2.12. The SMILES string of the molecule is CC(C)N(CC(=O)Nc1c(Cl)cc(Cl)cc1Cl)Cc1nc2ccccc2c(=O)[nH]1. The van der Waals surface area contributed by atoms with Crippen molar-refractivity contribution in [3.63, 3.8) is 0 Å². The van der Waals surface area contributed by atoms with Crippen molar-refractivity contribution in [2.45, 2.75) is 26.4 Å². The van der Waals surface area contributed by atoms with E-state index in [9.17, 15) is 9.59 Å². The minimum atomic E-state index is -0.298. The molecule has 29 heavy (non-hydrogen) atoms. The minimum absolute atomic E-state index is 0.0219. The molecular weight excluding hydrogens is 435 g/mol. The molecular formula is C20H19Cl3N4O2. The zero-order valence-electron chi connectivity index (χ0n) is 15.8. The van der Waals surface area contributed by atoms with Crippen LogP contribution in [0, 0.1) is 0 Å². The number of halogens is 3. The normalized spacial score (nSPS) is 11.4. The molecule has 0 bridgehead atoms. The Bertz CT molecular complexity index is 1090. The lowest BCUT2D eigenvalue weighted by Crippen LogP contribution is -2.38. The van der Waals surface area contributed by atoms with Crippen LogP contribution < -0.4 is 10.9 Å². The first-order valence-electron chi connectivity index (χ1n) is 8.91. The van der Waals surface area contributed by atoms with Gasteiger partial charge in [0.05, 0.1) is 39.7 Å². The molecule has 1 amide bonds. The number of amides is 1. The number of carbonyl (C=O) groups excluding carboxylic acids is 1. The molecule has 3 rings (SSSR count). The summed E-state index contributed by atoms with van der Waals surface area (Å²) in [6, 6.07) is 10.2. The van der Waals surface area contributed by atoms with Gasteiger partial charge in [-0.15, -0.1) is 0 Å². The molecule has 0 aliphatic heterocycles. The van der Waals surface area contributed by atoms with Gasteiger partial charge in [-0.1, -0.05) is 46.9 Å². The average Bonchev–Trinajstić information content (AvgIpc) is 2.64. The minimum Gasteiger partial charge on any atom is -0.322 e. The molecule has 2 N–H and O–H groups in total. The highest BCUT2D eigenvalue weighted by atomic mass is 35.5. The van der Waals surface area contributed by atoms with E-state index >= 15 is 0 Å². The number of H-pyrrole nitrogens is 1. The van der Waals surface area contributed by atoms with Crippen LogP contribution in [-0.4, -0.2) is 33.4 Å². The third-order valence-electron chi connectivity index (χ3n) is 4.36. The first kappa shape index (κ1) is 21.6. The van der Waals surface area contributed by atoms with E-state index in [1.54, 1.807) is 18.2 Å². The molecule has 1 heterocycles. The van der Waals surface area contributed by atoms with Crippen molar-refractivity contribution in [2.24, 2.45) is 0 Å². The van der Waals surface area contributed by atoms with Crippen molar-refractivity contribution in [2.75, 3.05) is 11.9 Å². The zero-order chi connectivity index (χ0) is 21.1. The second-order valence-corrected chi connectivity index (χ2v) is 8.07. The van der Waals surface area contributed by atoms with Crippen LogP contribution in [-0.2, 0) is 11.3 Å². The van der Waals surface area contributed by atoms with Gasteiger partial charge in [-0.2, -0.15) is 0 Å². The van der Waals surface area contributed by atoms with E-state index in [0.29, 0.717) is 34.0 Å². The number of aromatic nitrogens is 2. The Kier molecular flexibility index (Phi) is 6.80. The van der Waals surface area contributed by atoms with Gasteiger partial charge in [0.25, 0.3) is 5.56 Å². The monoisotopic (exact) mass is 452 g/mol. The fraction of sp³-hybridized carbons (Fsp3) is 0.250. The molecule has 0 aliphatic carbocycles. The third kappa shape index (κ3) is 5.28. The maximum atomic E-state index is 12.6. The summed E-state index contributed by atoms with van der Waals surface area (Å²) in [5, 5.41) is 4.14. The van der Waals surface area contributed by atoms with E-state index in [1.165, 1.54) is 12.1 Å². The Labute approximate surface area is 182 Å². The first-order chi connectivity index (χ1) is 13.7. The van der Waals surface area contributed by atoms with Crippen LogP contribution in [0.5, 0.6) is 0 Å². The van der Waals surface area contributed by atoms with Crippen molar-refractivity contribution in [1.82, 2.24) is 14.9 Å². The molecule has 0 atom stereocenters. The maximum Gasteiger partial charge on any atom is 0.258 e. The second kappa shape index (κ2) is 9.13. The van der Waals surface area contributed by atoms with Crippen LogP contribution in [0.3, 0.4) is 0 Å². The average molecular weight is 454 g/mol. The lowest BCUT2D eigenvalue weighted by atomic mass is 10.2. The number of fused-ring (bicyclic) bond motifs is 1. The standard InChI is InChI=1S/C20H19Cl3N4O2/c1-11(2)27(9-17-24-16-6-4-3-5-13(16)20(29)25-17)10-18(28)26-19-14(22)7-12(21)8-15(19)23/h3-8,11H,9-10H2,1-2H3,(H,26,28)(H,24,25,29). The number of nitrogens with zero attached hydrogens (tertiary/aromatic N) is 2. The molecule has 0 saturated carbocycles. The molecule has 9 heteroatoms. The second-order valence-electron chi connectivity index (χ2n) is 6.82. The van der Waals surface area contributed by atoms with Crippen LogP contribution in [0.2, 0.25) is 15.1 Å². The van der Waals surface area contributed by atoms with Gasteiger partial charge < -0.3 is 10.3 Å². The number of nitrogens with one attached hydrogen (secondary N) is 2. The van der Waals surface area contributed by atoms with Crippen LogP contribution in [0.15, 0.2) is 41.2 Å². The predicted molar refractivity (Wildman–Crippen MR) is 118 cm³/mol. The lowest BCUT2D eigenvalue weighted by molar-refractivity contribution is -0.117. The van der Waals surface area contributed by atoms with E-state index in [2.05, 4.69) is 15.3 Å². The first-order valence-corrected chi connectivity index (χ1v) is 10.0. The lowest BCUT2D eigenvalue weighted by Gasteiger charge is -2.25. The maximum absolute atomic E-state index is 12.6. The number of anilines is 1. The predicted octanol–water partition coefficient (Wildman–Crippen LogP) is 4.73. The number of para-hydroxylation sites is 1. The summed E-state index contributed by atoms with van der Waals surface area (Å²) in [5.41, 5.74) is 0.710. The summed E-state index contributed by atoms with van der Waals surface area (Å²) in [5.74, 6) is 0.186. The van der Waals surface area contributed by atoms with E-state index in [4.69, 9.17) is 34.8 Å². The Morgan fingerprint density at radius 3 is 2.48 bits per heavy atom. The van der Waals surface area contributed by atoms with E-state index in [0.717, 1.165) is 0 Å². The Balaban J connectivity index is 1.77. The summed E-state index contributed by atoms with van der Waals surface area (Å²) in [4.78, 5) is 34.0. The van der Waals surface area contributed by atoms with E-state index in [1.807, 2.05) is 24.8 Å². The molecule has 1 aromatic heterocycles. The fourth-order valence-corrected chi connectivity index (χ4v) is 3.76. The number of aromatic amines is 1. The third-order valence-corrected chi connectivity index (χ3v) is 5.18. The van der Waals surface area contributed by atoms with Gasteiger partial charge in [-0.05, 0) is 38.1 Å². The highest BCUT2D eigenvalue weighted by Crippen LogP contribution is 2.33. The molecule has 0 spiro atoms. The van der Waals surface area contributed by atoms with Crippen LogP contribution >= 0.6 is 34.8 Å². The molecule has 0 aliphatic rings.